The van der Waals surface area contributed by atoms with E-state index in [9.17, 15) is 0 Å². The number of nitrogens with two attached hydrogens (primary N) is 1. The Bertz CT molecular complexity index is 668. The molecule has 96 valence electrons. The lowest BCUT2D eigenvalue weighted by atomic mass is 10.0. The van der Waals surface area contributed by atoms with Crippen LogP contribution in [0.5, 0.6) is 0 Å². The number of hydrogen-bond acceptors (Lipinski definition) is 1. The van der Waals surface area contributed by atoms with Crippen molar-refractivity contribution in [3.8, 4) is 0 Å². The van der Waals surface area contributed by atoms with Gasteiger partial charge < -0.3 is 10.7 Å². The average molecular weight is 250 g/mol. The SMILES string of the molecule is NCc1ccc2[nH]cc(CCc3ccccc3)c2c1. The Morgan fingerprint density at radius 1 is 0.895 bits per heavy atom. The fraction of sp³-hybridized carbons (Fsp3) is 0.176. The van der Waals surface area contributed by atoms with Gasteiger partial charge in [0.1, 0.15) is 0 Å². The van der Waals surface area contributed by atoms with Gasteiger partial charge in [-0.2, -0.15) is 0 Å². The van der Waals surface area contributed by atoms with Crippen molar-refractivity contribution in [3.63, 3.8) is 0 Å². The van der Waals surface area contributed by atoms with Gasteiger partial charge in [0.25, 0.3) is 0 Å². The van der Waals surface area contributed by atoms with E-state index < -0.39 is 0 Å². The van der Waals surface area contributed by atoms with Crippen LogP contribution >= 0.6 is 0 Å². The predicted octanol–water partition coefficient (Wildman–Crippen LogP) is 3.41. The van der Waals surface area contributed by atoms with E-state index in [0.717, 1.165) is 12.8 Å². The molecule has 2 aromatic carbocycles. The Labute approximate surface area is 113 Å². The minimum Gasteiger partial charge on any atom is -0.361 e. The summed E-state index contributed by atoms with van der Waals surface area (Å²) < 4.78 is 0. The lowest BCUT2D eigenvalue weighted by molar-refractivity contribution is 0.968. The summed E-state index contributed by atoms with van der Waals surface area (Å²) in [5.74, 6) is 0. The Balaban J connectivity index is 1.84. The van der Waals surface area contributed by atoms with Crippen LogP contribution in [-0.2, 0) is 19.4 Å². The van der Waals surface area contributed by atoms with Gasteiger partial charge in [-0.3, -0.25) is 0 Å². The van der Waals surface area contributed by atoms with Gasteiger partial charge >= 0.3 is 0 Å². The van der Waals surface area contributed by atoms with Gasteiger partial charge in [0, 0.05) is 23.6 Å². The van der Waals surface area contributed by atoms with Crippen molar-refractivity contribution in [3.05, 3.63) is 71.4 Å². The zero-order valence-corrected chi connectivity index (χ0v) is 10.9. The van der Waals surface area contributed by atoms with Gasteiger partial charge in [0.15, 0.2) is 0 Å². The molecule has 19 heavy (non-hydrogen) atoms. The fourth-order valence-corrected chi connectivity index (χ4v) is 2.48. The molecule has 3 rings (SSSR count). The molecule has 1 aromatic heterocycles. The number of aromatic nitrogens is 1. The molecule has 0 radical (unpaired) electrons. The zero-order chi connectivity index (χ0) is 13.1. The Hall–Kier alpha value is -2.06. The molecule has 0 aliphatic heterocycles. The molecular weight excluding hydrogens is 232 g/mol. The van der Waals surface area contributed by atoms with E-state index in [0.29, 0.717) is 6.54 Å². The van der Waals surface area contributed by atoms with Crippen molar-refractivity contribution in [2.24, 2.45) is 5.73 Å². The number of hydrogen-bond donors (Lipinski definition) is 2. The molecule has 3 N–H and O–H groups in total. The zero-order valence-electron chi connectivity index (χ0n) is 10.9. The third-order valence-electron chi connectivity index (χ3n) is 3.59. The molecule has 0 unspecified atom stereocenters. The van der Waals surface area contributed by atoms with Crippen LogP contribution in [-0.4, -0.2) is 4.98 Å². The number of rotatable bonds is 4. The van der Waals surface area contributed by atoms with E-state index in [1.54, 1.807) is 0 Å². The van der Waals surface area contributed by atoms with Gasteiger partial charge in [-0.1, -0.05) is 36.4 Å². The van der Waals surface area contributed by atoms with Crippen LogP contribution in [0.15, 0.2) is 54.7 Å². The molecule has 0 aliphatic carbocycles. The van der Waals surface area contributed by atoms with Gasteiger partial charge in [-0.05, 0) is 41.7 Å². The smallest absolute Gasteiger partial charge is 0.0457 e. The summed E-state index contributed by atoms with van der Waals surface area (Å²) in [6.45, 7) is 0.596. The van der Waals surface area contributed by atoms with E-state index in [4.69, 9.17) is 5.73 Å². The van der Waals surface area contributed by atoms with Crippen LogP contribution in [0.4, 0.5) is 0 Å². The maximum atomic E-state index is 5.71. The minimum absolute atomic E-state index is 0.596. The molecule has 0 saturated heterocycles. The maximum absolute atomic E-state index is 5.71. The summed E-state index contributed by atoms with van der Waals surface area (Å²) in [5.41, 5.74) is 10.8. The monoisotopic (exact) mass is 250 g/mol. The molecule has 0 bridgehead atoms. The molecule has 0 fully saturated rings. The van der Waals surface area contributed by atoms with Crippen LogP contribution in [0.3, 0.4) is 0 Å². The van der Waals surface area contributed by atoms with Gasteiger partial charge in [-0.25, -0.2) is 0 Å². The highest BCUT2D eigenvalue weighted by Gasteiger charge is 2.04. The third kappa shape index (κ3) is 2.54. The average Bonchev–Trinajstić information content (AvgIpc) is 2.88. The Morgan fingerprint density at radius 3 is 2.53 bits per heavy atom. The highest BCUT2D eigenvalue weighted by atomic mass is 14.7. The highest BCUT2D eigenvalue weighted by molar-refractivity contribution is 5.83. The lowest BCUT2D eigenvalue weighted by Gasteiger charge is -2.02. The van der Waals surface area contributed by atoms with Crippen molar-refractivity contribution in [2.75, 3.05) is 0 Å². The molecule has 0 atom stereocenters. The van der Waals surface area contributed by atoms with Crippen LogP contribution in [0.1, 0.15) is 16.7 Å². The Morgan fingerprint density at radius 2 is 1.74 bits per heavy atom. The first-order valence-electron chi connectivity index (χ1n) is 6.69. The van der Waals surface area contributed by atoms with E-state index >= 15 is 0 Å². The second-order valence-corrected chi connectivity index (χ2v) is 4.88. The molecule has 0 amide bonds. The topological polar surface area (TPSA) is 41.8 Å². The third-order valence-corrected chi connectivity index (χ3v) is 3.59. The number of aromatic amines is 1. The molecule has 0 spiro atoms. The first kappa shape index (κ1) is 12.0. The van der Waals surface area contributed by atoms with Crippen molar-refractivity contribution >= 4 is 10.9 Å². The second kappa shape index (κ2) is 5.29. The van der Waals surface area contributed by atoms with Crippen LogP contribution in [0, 0.1) is 0 Å². The van der Waals surface area contributed by atoms with Crippen LogP contribution in [0.25, 0.3) is 10.9 Å². The summed E-state index contributed by atoms with van der Waals surface area (Å²) in [4.78, 5) is 3.33. The maximum Gasteiger partial charge on any atom is 0.0457 e. The summed E-state index contributed by atoms with van der Waals surface area (Å²) >= 11 is 0. The first-order valence-corrected chi connectivity index (χ1v) is 6.69. The number of H-pyrrole nitrogens is 1. The van der Waals surface area contributed by atoms with Crippen LogP contribution < -0.4 is 5.73 Å². The molecular formula is C17H18N2. The van der Waals surface area contributed by atoms with E-state index in [1.165, 1.54) is 27.6 Å². The van der Waals surface area contributed by atoms with Crippen molar-refractivity contribution in [1.29, 1.82) is 0 Å². The molecule has 0 saturated carbocycles. The molecule has 3 aromatic rings. The van der Waals surface area contributed by atoms with Crippen molar-refractivity contribution in [2.45, 2.75) is 19.4 Å². The summed E-state index contributed by atoms with van der Waals surface area (Å²) in [5, 5.41) is 1.30. The van der Waals surface area contributed by atoms with E-state index in [-0.39, 0.29) is 0 Å². The molecule has 2 heteroatoms. The normalized spacial score (nSPS) is 11.0. The highest BCUT2D eigenvalue weighted by Crippen LogP contribution is 2.21. The van der Waals surface area contributed by atoms with Crippen LogP contribution in [0.2, 0.25) is 0 Å². The predicted molar refractivity (Wildman–Crippen MR) is 80.0 cm³/mol. The fourth-order valence-electron chi connectivity index (χ4n) is 2.48. The van der Waals surface area contributed by atoms with Crippen molar-refractivity contribution in [1.82, 2.24) is 4.98 Å². The summed E-state index contributed by atoms with van der Waals surface area (Å²) in [7, 11) is 0. The second-order valence-electron chi connectivity index (χ2n) is 4.88. The molecule has 0 aliphatic rings. The number of nitrogens with one attached hydrogen (secondary N) is 1. The van der Waals surface area contributed by atoms with E-state index in [2.05, 4.69) is 59.7 Å². The minimum atomic E-state index is 0.596. The lowest BCUT2D eigenvalue weighted by Crippen LogP contribution is -1.95. The van der Waals surface area contributed by atoms with E-state index in [1.807, 2.05) is 0 Å². The molecule has 2 nitrogen and oxygen atoms in total. The Kier molecular flexibility index (Phi) is 3.34. The van der Waals surface area contributed by atoms with Gasteiger partial charge in [0.05, 0.1) is 0 Å². The quantitative estimate of drug-likeness (QED) is 0.732. The standard InChI is InChI=1S/C17H18N2/c18-11-14-7-9-17-16(10-14)15(12-19-17)8-6-13-4-2-1-3-5-13/h1-5,7,9-10,12,19H,6,8,11,18H2. The van der Waals surface area contributed by atoms with Gasteiger partial charge in [-0.15, -0.1) is 0 Å². The first-order chi connectivity index (χ1) is 9.36. The van der Waals surface area contributed by atoms with Crippen molar-refractivity contribution < 1.29 is 0 Å². The number of aryl methyl sites for hydroxylation is 2. The van der Waals surface area contributed by atoms with Gasteiger partial charge in [0.2, 0.25) is 0 Å². The number of benzene rings is 2. The summed E-state index contributed by atoms with van der Waals surface area (Å²) in [6.07, 6.45) is 4.24. The summed E-state index contributed by atoms with van der Waals surface area (Å²) in [6, 6.07) is 17.0. The molecule has 1 heterocycles. The number of fused-ring (bicyclic) bond motifs is 1. The largest absolute Gasteiger partial charge is 0.361 e.